The Labute approximate surface area is 119 Å². The molecule has 0 atom stereocenters. The number of ether oxygens (including phenoxy) is 1. The first-order valence-electron chi connectivity index (χ1n) is 5.83. The van der Waals surface area contributed by atoms with E-state index >= 15 is 0 Å². The second kappa shape index (κ2) is 6.21. The second-order valence-corrected chi connectivity index (χ2v) is 4.98. The van der Waals surface area contributed by atoms with E-state index in [1.165, 1.54) is 11.3 Å². The summed E-state index contributed by atoms with van der Waals surface area (Å²) in [6.45, 7) is 0. The van der Waals surface area contributed by atoms with Crippen molar-refractivity contribution < 1.29 is 19.4 Å². The van der Waals surface area contributed by atoms with Crippen molar-refractivity contribution in [2.45, 2.75) is 6.42 Å². The average molecular weight is 291 g/mol. The molecule has 2 aromatic rings. The van der Waals surface area contributed by atoms with Gasteiger partial charge in [-0.1, -0.05) is 12.1 Å². The lowest BCUT2D eigenvalue weighted by atomic mass is 10.1. The third-order valence-electron chi connectivity index (χ3n) is 2.60. The molecule has 1 aromatic carbocycles. The summed E-state index contributed by atoms with van der Waals surface area (Å²) in [5, 5.41) is 13.2. The molecule has 0 aliphatic heterocycles. The molecule has 0 saturated heterocycles. The number of carboxylic acid groups (broad SMARTS) is 1. The van der Waals surface area contributed by atoms with E-state index in [0.29, 0.717) is 21.9 Å². The Morgan fingerprint density at radius 1 is 1.30 bits per heavy atom. The van der Waals surface area contributed by atoms with Crippen molar-refractivity contribution in [2.24, 2.45) is 0 Å². The van der Waals surface area contributed by atoms with Crippen molar-refractivity contribution in [3.8, 4) is 5.75 Å². The van der Waals surface area contributed by atoms with Crippen molar-refractivity contribution >= 4 is 28.9 Å². The first-order chi connectivity index (χ1) is 9.58. The summed E-state index contributed by atoms with van der Waals surface area (Å²) in [5.74, 6) is -0.450. The number of hydrogen-bond donors (Lipinski definition) is 2. The van der Waals surface area contributed by atoms with E-state index in [-0.39, 0.29) is 12.3 Å². The maximum absolute atomic E-state index is 12.0. The van der Waals surface area contributed by atoms with Crippen molar-refractivity contribution in [1.82, 2.24) is 0 Å². The van der Waals surface area contributed by atoms with Gasteiger partial charge in [-0.3, -0.25) is 9.59 Å². The monoisotopic (exact) mass is 291 g/mol. The number of aliphatic carboxylic acids is 1. The third kappa shape index (κ3) is 3.58. The molecule has 0 aliphatic carbocycles. The van der Waals surface area contributed by atoms with Crippen molar-refractivity contribution in [1.29, 1.82) is 0 Å². The largest absolute Gasteiger partial charge is 0.496 e. The van der Waals surface area contributed by atoms with Gasteiger partial charge in [0.05, 0.1) is 18.4 Å². The van der Waals surface area contributed by atoms with E-state index in [9.17, 15) is 9.59 Å². The lowest BCUT2D eigenvalue weighted by Crippen LogP contribution is -2.10. The number of benzene rings is 1. The zero-order valence-corrected chi connectivity index (χ0v) is 11.6. The summed E-state index contributed by atoms with van der Waals surface area (Å²) in [5.41, 5.74) is 1.31. The fourth-order valence-electron chi connectivity index (χ4n) is 1.62. The van der Waals surface area contributed by atoms with Gasteiger partial charge in [-0.2, -0.15) is 0 Å². The second-order valence-electron chi connectivity index (χ2n) is 4.07. The van der Waals surface area contributed by atoms with Crippen molar-refractivity contribution in [3.05, 3.63) is 46.2 Å². The Morgan fingerprint density at radius 3 is 2.55 bits per heavy atom. The van der Waals surface area contributed by atoms with Crippen LogP contribution in [0.15, 0.2) is 35.7 Å². The zero-order chi connectivity index (χ0) is 14.5. The Balaban J connectivity index is 2.02. The molecule has 104 valence electrons. The molecule has 20 heavy (non-hydrogen) atoms. The smallest absolute Gasteiger partial charge is 0.307 e. The number of amides is 1. The van der Waals surface area contributed by atoms with Crippen molar-refractivity contribution in [2.75, 3.05) is 12.4 Å². The van der Waals surface area contributed by atoms with Gasteiger partial charge in [-0.25, -0.2) is 0 Å². The van der Waals surface area contributed by atoms with E-state index < -0.39 is 5.97 Å². The minimum Gasteiger partial charge on any atom is -0.496 e. The number of carbonyl (C=O) groups is 2. The number of anilines is 1. The third-order valence-corrected chi connectivity index (χ3v) is 3.51. The fourth-order valence-corrected chi connectivity index (χ4v) is 2.37. The summed E-state index contributed by atoms with van der Waals surface area (Å²) >= 11 is 1.30. The Morgan fingerprint density at radius 2 is 2.00 bits per heavy atom. The highest BCUT2D eigenvalue weighted by molar-refractivity contribution is 7.12. The van der Waals surface area contributed by atoms with Crippen molar-refractivity contribution in [3.63, 3.8) is 0 Å². The molecule has 0 unspecified atom stereocenters. The maximum atomic E-state index is 12.0. The Kier molecular flexibility index (Phi) is 4.37. The highest BCUT2D eigenvalue weighted by Gasteiger charge is 2.10. The van der Waals surface area contributed by atoms with Gasteiger partial charge < -0.3 is 15.2 Å². The van der Waals surface area contributed by atoms with E-state index in [2.05, 4.69) is 5.32 Å². The molecule has 1 heterocycles. The summed E-state index contributed by atoms with van der Waals surface area (Å²) in [6, 6.07) is 8.39. The van der Waals surface area contributed by atoms with Crippen LogP contribution >= 0.6 is 11.3 Å². The number of carbonyl (C=O) groups excluding carboxylic acids is 1. The predicted molar refractivity (Wildman–Crippen MR) is 76.6 cm³/mol. The van der Waals surface area contributed by atoms with Crippen LogP contribution in [-0.4, -0.2) is 24.1 Å². The zero-order valence-electron chi connectivity index (χ0n) is 10.8. The van der Waals surface area contributed by atoms with E-state index in [1.54, 1.807) is 42.8 Å². The van der Waals surface area contributed by atoms with Crippen LogP contribution in [0.5, 0.6) is 5.75 Å². The standard InChI is InChI=1S/C14H13NO4S/c1-19-11-7-12(20-8-11)14(18)15-10-4-2-9(3-5-10)6-13(16)17/h2-5,7-8H,6H2,1H3,(H,15,18)(H,16,17). The lowest BCUT2D eigenvalue weighted by Gasteiger charge is -2.04. The Hall–Kier alpha value is -2.34. The van der Waals surface area contributed by atoms with Crippen LogP contribution in [0.4, 0.5) is 5.69 Å². The topological polar surface area (TPSA) is 75.6 Å². The maximum Gasteiger partial charge on any atom is 0.307 e. The molecule has 1 amide bonds. The number of carboxylic acids is 1. The van der Waals surface area contributed by atoms with E-state index in [1.807, 2.05) is 0 Å². The van der Waals surface area contributed by atoms with Gasteiger partial charge in [0.25, 0.3) is 5.91 Å². The molecule has 0 saturated carbocycles. The van der Waals surface area contributed by atoms with Gasteiger partial charge in [-0.15, -0.1) is 11.3 Å². The molecule has 0 fully saturated rings. The highest BCUT2D eigenvalue weighted by atomic mass is 32.1. The number of hydrogen-bond acceptors (Lipinski definition) is 4. The number of thiophene rings is 1. The van der Waals surface area contributed by atoms with Gasteiger partial charge in [0.15, 0.2) is 0 Å². The number of rotatable bonds is 5. The molecule has 0 spiro atoms. The van der Waals surface area contributed by atoms with E-state index in [0.717, 1.165) is 0 Å². The van der Waals surface area contributed by atoms with E-state index in [4.69, 9.17) is 9.84 Å². The molecule has 0 radical (unpaired) electrons. The minimum atomic E-state index is -0.882. The van der Waals surface area contributed by atoms with Crippen LogP contribution in [0, 0.1) is 0 Å². The van der Waals surface area contributed by atoms with Gasteiger partial charge in [0.2, 0.25) is 0 Å². The molecule has 0 bridgehead atoms. The summed E-state index contributed by atoms with van der Waals surface area (Å²) in [7, 11) is 1.55. The van der Waals surface area contributed by atoms with Crippen LogP contribution in [0.2, 0.25) is 0 Å². The summed E-state index contributed by atoms with van der Waals surface area (Å²) in [4.78, 5) is 23.1. The van der Waals surface area contributed by atoms with Gasteiger partial charge >= 0.3 is 5.97 Å². The molecule has 0 aliphatic rings. The predicted octanol–water partition coefficient (Wildman–Crippen LogP) is 2.64. The van der Waals surface area contributed by atoms with Gasteiger partial charge in [0, 0.05) is 17.1 Å². The number of nitrogens with one attached hydrogen (secondary N) is 1. The first-order valence-corrected chi connectivity index (χ1v) is 6.71. The van der Waals surface area contributed by atoms with Crippen LogP contribution in [0.1, 0.15) is 15.2 Å². The molecule has 1 aromatic heterocycles. The molecule has 2 N–H and O–H groups in total. The van der Waals surface area contributed by atoms with Crippen LogP contribution in [0.25, 0.3) is 0 Å². The van der Waals surface area contributed by atoms with Crippen LogP contribution in [-0.2, 0) is 11.2 Å². The van der Waals surface area contributed by atoms with Crippen LogP contribution in [0.3, 0.4) is 0 Å². The van der Waals surface area contributed by atoms with Crippen LogP contribution < -0.4 is 10.1 Å². The highest BCUT2D eigenvalue weighted by Crippen LogP contribution is 2.22. The number of methoxy groups -OCH3 is 1. The SMILES string of the molecule is COc1csc(C(=O)Nc2ccc(CC(=O)O)cc2)c1. The quantitative estimate of drug-likeness (QED) is 0.888. The first kappa shape index (κ1) is 14.1. The molecule has 5 nitrogen and oxygen atoms in total. The summed E-state index contributed by atoms with van der Waals surface area (Å²) in [6.07, 6.45) is -0.0314. The molecule has 6 heteroatoms. The fraction of sp³-hybridized carbons (Fsp3) is 0.143. The molecule has 2 rings (SSSR count). The lowest BCUT2D eigenvalue weighted by molar-refractivity contribution is -0.136. The molecular weight excluding hydrogens is 278 g/mol. The normalized spacial score (nSPS) is 10.1. The summed E-state index contributed by atoms with van der Waals surface area (Å²) < 4.78 is 5.02. The van der Waals surface area contributed by atoms with Gasteiger partial charge in [0.1, 0.15) is 5.75 Å². The molecular formula is C14H13NO4S. The average Bonchev–Trinajstić information content (AvgIpc) is 2.89. The Bertz CT molecular complexity index is 618. The minimum absolute atomic E-state index is 0.0314. The van der Waals surface area contributed by atoms with Gasteiger partial charge in [-0.05, 0) is 17.7 Å².